The van der Waals surface area contributed by atoms with Crippen LogP contribution in [0.4, 0.5) is 0 Å². The Hall–Kier alpha value is -2.51. The average Bonchev–Trinajstić information content (AvgIpc) is 3.49. The highest BCUT2D eigenvalue weighted by Crippen LogP contribution is 2.76. The predicted octanol–water partition coefficient (Wildman–Crippen LogP) is 3.11. The Labute approximate surface area is 216 Å². The van der Waals surface area contributed by atoms with Crippen LogP contribution in [0.3, 0.4) is 0 Å². The minimum Gasteiger partial charge on any atom is -0.460 e. The summed E-state index contributed by atoms with van der Waals surface area (Å²) in [7, 11) is 0. The van der Waals surface area contributed by atoms with Crippen LogP contribution in [0.1, 0.15) is 59.8 Å². The molecule has 2 N–H and O–H groups in total. The van der Waals surface area contributed by atoms with E-state index < -0.39 is 46.6 Å². The van der Waals surface area contributed by atoms with E-state index in [9.17, 15) is 24.6 Å². The van der Waals surface area contributed by atoms with E-state index in [2.05, 4.69) is 6.58 Å². The summed E-state index contributed by atoms with van der Waals surface area (Å²) < 4.78 is 12.2. The first-order valence-corrected chi connectivity index (χ1v) is 13.5. The number of ether oxygens (including phenoxy) is 2. The Bertz CT molecular complexity index is 1310. The number of ketones is 1. The van der Waals surface area contributed by atoms with Gasteiger partial charge in [-0.25, -0.2) is 4.79 Å². The van der Waals surface area contributed by atoms with Gasteiger partial charge in [-0.15, -0.1) is 0 Å². The largest absolute Gasteiger partial charge is 0.460 e. The number of carbonyl (C=O) groups is 3. The van der Waals surface area contributed by atoms with Gasteiger partial charge in [0.25, 0.3) is 0 Å². The van der Waals surface area contributed by atoms with Crippen LogP contribution in [0, 0.1) is 34.5 Å². The molecule has 10 atom stereocenters. The quantitative estimate of drug-likeness (QED) is 0.295. The second-order valence-corrected chi connectivity index (χ2v) is 13.1. The van der Waals surface area contributed by atoms with Crippen molar-refractivity contribution in [3.8, 4) is 0 Å². The molecule has 7 nitrogen and oxygen atoms in total. The van der Waals surface area contributed by atoms with Gasteiger partial charge in [-0.3, -0.25) is 9.59 Å². The Balaban J connectivity index is 1.42. The lowest BCUT2D eigenvalue weighted by Gasteiger charge is -2.48. The van der Waals surface area contributed by atoms with E-state index in [1.54, 1.807) is 6.08 Å². The summed E-state index contributed by atoms with van der Waals surface area (Å²) in [5.74, 6) is -2.04. The SMILES string of the molecule is C=C1C(=O)O[C@@H]2C3=C([C@H]4C[C@@]3(C)[C@]3(C4)C(=O)O[C@@H]4[C@H]5C(C)=CC(=O)C5=C(C)C[C@H](O)[C@H]43)[C@@](C)(O)CC[C@@H]12. The van der Waals surface area contributed by atoms with Crippen LogP contribution >= 0.6 is 0 Å². The summed E-state index contributed by atoms with van der Waals surface area (Å²) in [6.07, 6.45) is 2.03. The predicted molar refractivity (Wildman–Crippen MR) is 132 cm³/mol. The number of aliphatic hydroxyl groups excluding tert-OH is 1. The Kier molecular flexibility index (Phi) is 4.41. The number of fused-ring (bicyclic) bond motifs is 11. The second kappa shape index (κ2) is 6.92. The third-order valence-electron chi connectivity index (χ3n) is 11.3. The minimum atomic E-state index is -1.08. The summed E-state index contributed by atoms with van der Waals surface area (Å²) in [6.45, 7) is 11.7. The van der Waals surface area contributed by atoms with Crippen molar-refractivity contribution in [2.24, 2.45) is 34.5 Å². The normalized spacial score (nSPS) is 50.0. The van der Waals surface area contributed by atoms with E-state index in [4.69, 9.17) is 9.47 Å². The molecule has 7 aliphatic rings. The van der Waals surface area contributed by atoms with Crippen molar-refractivity contribution in [2.75, 3.05) is 0 Å². The zero-order valence-electron chi connectivity index (χ0n) is 21.8. The van der Waals surface area contributed by atoms with Gasteiger partial charge in [0.2, 0.25) is 0 Å². The summed E-state index contributed by atoms with van der Waals surface area (Å²) in [4.78, 5) is 39.7. The lowest BCUT2D eigenvalue weighted by atomic mass is 9.52. The Morgan fingerprint density at radius 1 is 1.08 bits per heavy atom. The van der Waals surface area contributed by atoms with Gasteiger partial charge in [0.1, 0.15) is 12.2 Å². The van der Waals surface area contributed by atoms with Gasteiger partial charge < -0.3 is 19.7 Å². The molecule has 7 heteroatoms. The smallest absolute Gasteiger partial charge is 0.334 e. The maximum Gasteiger partial charge on any atom is 0.334 e. The van der Waals surface area contributed by atoms with E-state index in [1.165, 1.54) is 0 Å². The molecule has 0 unspecified atom stereocenters. The molecule has 37 heavy (non-hydrogen) atoms. The van der Waals surface area contributed by atoms with E-state index in [-0.39, 0.29) is 29.5 Å². The van der Waals surface area contributed by atoms with E-state index >= 15 is 0 Å². The fourth-order valence-corrected chi connectivity index (χ4v) is 9.95. The van der Waals surface area contributed by atoms with Gasteiger partial charge in [-0.05, 0) is 76.0 Å². The van der Waals surface area contributed by atoms with Crippen LogP contribution in [-0.2, 0) is 23.9 Å². The number of esters is 2. The van der Waals surface area contributed by atoms with Crippen LogP contribution in [0.5, 0.6) is 0 Å². The fourth-order valence-electron chi connectivity index (χ4n) is 9.95. The molecule has 0 aromatic rings. The molecule has 196 valence electrons. The number of hydrogen-bond acceptors (Lipinski definition) is 7. The third-order valence-corrected chi connectivity index (χ3v) is 11.3. The lowest BCUT2D eigenvalue weighted by molar-refractivity contribution is -0.154. The lowest BCUT2D eigenvalue weighted by Crippen LogP contribution is -2.53. The minimum absolute atomic E-state index is 0.0620. The second-order valence-electron chi connectivity index (χ2n) is 13.1. The van der Waals surface area contributed by atoms with Crippen LogP contribution in [0.2, 0.25) is 0 Å². The van der Waals surface area contributed by atoms with E-state index in [0.717, 1.165) is 22.3 Å². The molecular formula is C30H34O7. The molecule has 0 aromatic carbocycles. The van der Waals surface area contributed by atoms with Crippen molar-refractivity contribution >= 4 is 17.7 Å². The molecule has 3 fully saturated rings. The van der Waals surface area contributed by atoms with Gasteiger partial charge in [-0.2, -0.15) is 0 Å². The highest BCUT2D eigenvalue weighted by atomic mass is 16.6. The molecule has 0 aromatic heterocycles. The standard InChI is InChI=1S/C30H34O7/c1-12-9-18(32)22-25(20-13(2)8-17(31)19(12)20)37-27(34)30(22)11-15-10-28(30,4)23-21(15)29(5,35)7-6-16-14(3)26(33)36-24(16)23/h8,15-16,18,20,22,24-25,32,35H,3,6-7,9-11H2,1-2,4-5H3/t15-,16-,18-,20-,22+,24-,25+,28+,29-,30-/m0/s1. The molecule has 2 aliphatic heterocycles. The van der Waals surface area contributed by atoms with Crippen LogP contribution in [0.25, 0.3) is 0 Å². The maximum atomic E-state index is 14.2. The highest BCUT2D eigenvalue weighted by Gasteiger charge is 2.78. The van der Waals surface area contributed by atoms with Crippen LogP contribution < -0.4 is 0 Å². The molecule has 2 bridgehead atoms. The molecule has 0 radical (unpaired) electrons. The number of rotatable bonds is 0. The molecule has 0 amide bonds. The summed E-state index contributed by atoms with van der Waals surface area (Å²) in [6, 6.07) is 0. The third kappa shape index (κ3) is 2.53. The van der Waals surface area contributed by atoms with Crippen LogP contribution in [-0.4, -0.2) is 51.8 Å². The first-order valence-electron chi connectivity index (χ1n) is 13.5. The van der Waals surface area contributed by atoms with E-state index in [0.29, 0.717) is 43.3 Å². The first kappa shape index (κ1) is 23.6. The molecule has 2 saturated heterocycles. The van der Waals surface area contributed by atoms with Crippen LogP contribution in [0.15, 0.2) is 46.1 Å². The fraction of sp³-hybridized carbons (Fsp3) is 0.633. The molecule has 5 aliphatic carbocycles. The van der Waals surface area contributed by atoms with E-state index in [1.807, 2.05) is 27.7 Å². The molecular weight excluding hydrogens is 472 g/mol. The van der Waals surface area contributed by atoms with Gasteiger partial charge in [0.05, 0.1) is 17.1 Å². The summed E-state index contributed by atoms with van der Waals surface area (Å²) in [5, 5.41) is 23.4. The molecule has 1 spiro atoms. The topological polar surface area (TPSA) is 110 Å². The van der Waals surface area contributed by atoms with Gasteiger partial charge in [-0.1, -0.05) is 24.6 Å². The Morgan fingerprint density at radius 3 is 2.54 bits per heavy atom. The van der Waals surface area contributed by atoms with Crippen molar-refractivity contribution in [1.82, 2.24) is 0 Å². The van der Waals surface area contributed by atoms with Crippen molar-refractivity contribution in [3.63, 3.8) is 0 Å². The molecule has 2 heterocycles. The van der Waals surface area contributed by atoms with Gasteiger partial charge >= 0.3 is 11.9 Å². The first-order chi connectivity index (χ1) is 17.3. The molecule has 7 rings (SSSR count). The van der Waals surface area contributed by atoms with Gasteiger partial charge in [0, 0.05) is 34.3 Å². The van der Waals surface area contributed by atoms with Gasteiger partial charge in [0.15, 0.2) is 5.78 Å². The summed E-state index contributed by atoms with van der Waals surface area (Å²) in [5.41, 5.74) is 1.64. The number of carbonyl (C=O) groups excluding carboxylic acids is 3. The Morgan fingerprint density at radius 2 is 1.81 bits per heavy atom. The van der Waals surface area contributed by atoms with Crippen molar-refractivity contribution < 1.29 is 34.1 Å². The van der Waals surface area contributed by atoms with Crippen molar-refractivity contribution in [1.29, 1.82) is 0 Å². The monoisotopic (exact) mass is 506 g/mol. The zero-order chi connectivity index (χ0) is 26.4. The van der Waals surface area contributed by atoms with Crippen molar-refractivity contribution in [3.05, 3.63) is 46.1 Å². The number of aliphatic hydroxyl groups is 2. The molecule has 1 saturated carbocycles. The maximum absolute atomic E-state index is 14.2. The number of allylic oxidation sites excluding steroid dienone is 1. The number of hydrogen-bond donors (Lipinski definition) is 2. The highest BCUT2D eigenvalue weighted by molar-refractivity contribution is 6.09. The average molecular weight is 507 g/mol. The summed E-state index contributed by atoms with van der Waals surface area (Å²) >= 11 is 0. The zero-order valence-corrected chi connectivity index (χ0v) is 21.8. The van der Waals surface area contributed by atoms with Crippen molar-refractivity contribution in [2.45, 2.75) is 83.7 Å².